The fourth-order valence-corrected chi connectivity index (χ4v) is 2.57. The topological polar surface area (TPSA) is 123 Å². The molecule has 0 radical (unpaired) electrons. The molecule has 2 N–H and O–H groups in total. The van der Waals surface area contributed by atoms with Gasteiger partial charge in [-0.05, 0) is 31.2 Å². The third kappa shape index (κ3) is 6.42. The number of aryl methyl sites for hydroxylation is 2. The molecule has 2 aromatic heterocycles. The molecule has 0 fully saturated rings. The Morgan fingerprint density at radius 1 is 1.06 bits per heavy atom. The number of hydrogen-bond acceptors (Lipinski definition) is 5. The number of amides is 1. The molecule has 3 rings (SSSR count). The van der Waals surface area contributed by atoms with Gasteiger partial charge in [-0.15, -0.1) is 0 Å². The minimum atomic E-state index is -1.29. The van der Waals surface area contributed by atoms with Crippen LogP contribution in [0.2, 0.25) is 0 Å². The maximum atomic E-state index is 13.0. The standard InChI is InChI=1S/C12H13N3O2.C9H7F2NO3/c1-9-4-3-5-10(13-9)8-15-11(16)6-7-14(2)12(15)17;10-5-2-1-3-6(11)8(5)9(15)12-4-7(13)14/h3-7H,8H2,1-2H3;1-3H,4H2,(H,12,15)(H,13,14). The van der Waals surface area contributed by atoms with Crippen LogP contribution in [0.5, 0.6) is 0 Å². The van der Waals surface area contributed by atoms with E-state index in [1.54, 1.807) is 13.1 Å². The van der Waals surface area contributed by atoms with Gasteiger partial charge in [-0.3, -0.25) is 23.9 Å². The van der Waals surface area contributed by atoms with Crippen molar-refractivity contribution in [2.75, 3.05) is 6.54 Å². The molecule has 9 nitrogen and oxygen atoms in total. The third-order valence-corrected chi connectivity index (χ3v) is 4.10. The zero-order chi connectivity index (χ0) is 23.8. The molecule has 0 unspecified atom stereocenters. The maximum absolute atomic E-state index is 13.0. The molecule has 0 saturated heterocycles. The average molecular weight is 446 g/mol. The minimum absolute atomic E-state index is 0.202. The van der Waals surface area contributed by atoms with E-state index in [0.717, 1.165) is 23.9 Å². The number of carboxylic acid groups (broad SMARTS) is 1. The maximum Gasteiger partial charge on any atom is 0.331 e. The van der Waals surface area contributed by atoms with E-state index in [9.17, 15) is 28.0 Å². The SMILES string of the molecule is Cc1cccc(Cn2c(=O)ccn(C)c2=O)n1.O=C(O)CNC(=O)c1c(F)cccc1F. The van der Waals surface area contributed by atoms with Gasteiger partial charge in [0.2, 0.25) is 0 Å². The normalized spacial score (nSPS) is 10.1. The summed E-state index contributed by atoms with van der Waals surface area (Å²) in [5.74, 6) is -4.44. The second-order valence-corrected chi connectivity index (χ2v) is 6.58. The van der Waals surface area contributed by atoms with Gasteiger partial charge in [0.25, 0.3) is 11.5 Å². The van der Waals surface area contributed by atoms with Crippen LogP contribution < -0.4 is 16.6 Å². The molecule has 1 aromatic carbocycles. The third-order valence-electron chi connectivity index (χ3n) is 4.10. The molecule has 168 valence electrons. The van der Waals surface area contributed by atoms with Crippen molar-refractivity contribution in [3.8, 4) is 0 Å². The molecule has 0 aliphatic rings. The van der Waals surface area contributed by atoms with E-state index in [1.807, 2.05) is 24.4 Å². The molecule has 1 amide bonds. The molecule has 11 heteroatoms. The number of rotatable bonds is 5. The average Bonchev–Trinajstić information content (AvgIpc) is 2.73. The first-order valence-electron chi connectivity index (χ1n) is 9.23. The van der Waals surface area contributed by atoms with Crippen LogP contribution in [0.3, 0.4) is 0 Å². The zero-order valence-electron chi connectivity index (χ0n) is 17.2. The number of nitrogens with one attached hydrogen (secondary N) is 1. The van der Waals surface area contributed by atoms with Crippen molar-refractivity contribution in [1.82, 2.24) is 19.4 Å². The van der Waals surface area contributed by atoms with Crippen molar-refractivity contribution >= 4 is 11.9 Å². The summed E-state index contributed by atoms with van der Waals surface area (Å²) in [6.07, 6.45) is 1.46. The zero-order valence-corrected chi connectivity index (χ0v) is 17.2. The molecule has 0 aliphatic carbocycles. The van der Waals surface area contributed by atoms with Crippen molar-refractivity contribution in [2.45, 2.75) is 13.5 Å². The number of nitrogens with zero attached hydrogens (tertiary/aromatic N) is 3. The van der Waals surface area contributed by atoms with Crippen molar-refractivity contribution < 1.29 is 23.5 Å². The first kappa shape index (κ1) is 24.1. The number of aliphatic carboxylic acids is 1. The van der Waals surface area contributed by atoms with Gasteiger partial charge >= 0.3 is 11.7 Å². The smallest absolute Gasteiger partial charge is 0.331 e. The van der Waals surface area contributed by atoms with E-state index in [2.05, 4.69) is 4.98 Å². The Labute approximate surface area is 180 Å². The molecule has 3 aromatic rings. The summed E-state index contributed by atoms with van der Waals surface area (Å²) in [4.78, 5) is 48.9. The van der Waals surface area contributed by atoms with Gasteiger partial charge in [0, 0.05) is 25.0 Å². The highest BCUT2D eigenvalue weighted by Gasteiger charge is 2.17. The van der Waals surface area contributed by atoms with Crippen LogP contribution >= 0.6 is 0 Å². The number of carbonyl (C=O) groups is 2. The minimum Gasteiger partial charge on any atom is -0.480 e. The summed E-state index contributed by atoms with van der Waals surface area (Å²) in [5, 5.41) is 10.1. The lowest BCUT2D eigenvalue weighted by atomic mass is 10.2. The predicted octanol–water partition coefficient (Wildman–Crippen LogP) is 1.08. The number of aromatic nitrogens is 3. The largest absolute Gasteiger partial charge is 0.480 e. The predicted molar refractivity (Wildman–Crippen MR) is 110 cm³/mol. The van der Waals surface area contributed by atoms with Crippen LogP contribution in [0.25, 0.3) is 0 Å². The molecule has 0 saturated carbocycles. The van der Waals surface area contributed by atoms with Gasteiger partial charge in [0.1, 0.15) is 23.7 Å². The van der Waals surface area contributed by atoms with Crippen molar-refractivity contribution in [3.05, 3.63) is 98.1 Å². The van der Waals surface area contributed by atoms with Crippen molar-refractivity contribution in [1.29, 1.82) is 0 Å². The van der Waals surface area contributed by atoms with Crippen LogP contribution in [0.15, 0.2) is 58.3 Å². The summed E-state index contributed by atoms with van der Waals surface area (Å²) in [5.41, 5.74) is 0.148. The first-order valence-corrected chi connectivity index (χ1v) is 9.23. The summed E-state index contributed by atoms with van der Waals surface area (Å²) >= 11 is 0. The Bertz CT molecular complexity index is 1230. The summed E-state index contributed by atoms with van der Waals surface area (Å²) in [6.45, 7) is 1.38. The van der Waals surface area contributed by atoms with Gasteiger partial charge in [0.05, 0.1) is 12.2 Å². The van der Waals surface area contributed by atoms with Crippen LogP contribution in [-0.4, -0.2) is 37.6 Å². The second kappa shape index (κ2) is 10.8. The molecule has 0 bridgehead atoms. The molecular weight excluding hydrogens is 426 g/mol. The van der Waals surface area contributed by atoms with Gasteiger partial charge in [0.15, 0.2) is 0 Å². The number of halogens is 2. The van der Waals surface area contributed by atoms with Gasteiger partial charge in [-0.25, -0.2) is 13.6 Å². The molecule has 32 heavy (non-hydrogen) atoms. The summed E-state index contributed by atoms with van der Waals surface area (Å²) in [6, 6.07) is 9.84. The lowest BCUT2D eigenvalue weighted by molar-refractivity contribution is -0.135. The van der Waals surface area contributed by atoms with E-state index >= 15 is 0 Å². The number of pyridine rings is 1. The van der Waals surface area contributed by atoms with E-state index in [4.69, 9.17) is 5.11 Å². The molecule has 0 atom stereocenters. The fraction of sp³-hybridized carbons (Fsp3) is 0.190. The Morgan fingerprint density at radius 2 is 1.69 bits per heavy atom. The molecule has 0 aliphatic heterocycles. The summed E-state index contributed by atoms with van der Waals surface area (Å²) in [7, 11) is 1.61. The van der Waals surface area contributed by atoms with Gasteiger partial charge < -0.3 is 15.0 Å². The van der Waals surface area contributed by atoms with E-state index < -0.39 is 35.6 Å². The van der Waals surface area contributed by atoms with E-state index in [0.29, 0.717) is 5.69 Å². The van der Waals surface area contributed by atoms with Gasteiger partial charge in [-0.2, -0.15) is 0 Å². The first-order chi connectivity index (χ1) is 15.1. The molecule has 2 heterocycles. The number of hydrogen-bond donors (Lipinski definition) is 2. The number of carboxylic acids is 1. The van der Waals surface area contributed by atoms with E-state index in [1.165, 1.54) is 21.4 Å². The second-order valence-electron chi connectivity index (χ2n) is 6.58. The quantitative estimate of drug-likeness (QED) is 0.605. The molecular formula is C21H20F2N4O5. The van der Waals surface area contributed by atoms with Crippen LogP contribution in [0.1, 0.15) is 21.7 Å². The highest BCUT2D eigenvalue weighted by molar-refractivity contribution is 5.96. The summed E-state index contributed by atoms with van der Waals surface area (Å²) < 4.78 is 28.5. The van der Waals surface area contributed by atoms with Crippen molar-refractivity contribution in [2.24, 2.45) is 7.05 Å². The Hall–Kier alpha value is -4.15. The molecule has 0 spiro atoms. The Balaban J connectivity index is 0.000000229. The lowest BCUT2D eigenvalue weighted by Gasteiger charge is -2.06. The lowest BCUT2D eigenvalue weighted by Crippen LogP contribution is -2.38. The van der Waals surface area contributed by atoms with Crippen LogP contribution in [0.4, 0.5) is 8.78 Å². The highest BCUT2D eigenvalue weighted by atomic mass is 19.1. The highest BCUT2D eigenvalue weighted by Crippen LogP contribution is 2.11. The van der Waals surface area contributed by atoms with Gasteiger partial charge in [-0.1, -0.05) is 12.1 Å². The number of benzene rings is 1. The van der Waals surface area contributed by atoms with Crippen molar-refractivity contribution in [3.63, 3.8) is 0 Å². The fourth-order valence-electron chi connectivity index (χ4n) is 2.57. The van der Waals surface area contributed by atoms with Crippen LogP contribution in [-0.2, 0) is 18.4 Å². The Morgan fingerprint density at radius 3 is 2.28 bits per heavy atom. The monoisotopic (exact) mass is 446 g/mol. The number of carbonyl (C=O) groups excluding carboxylic acids is 1. The van der Waals surface area contributed by atoms with Crippen LogP contribution in [0, 0.1) is 18.6 Å². The Kier molecular flexibility index (Phi) is 8.11. The van der Waals surface area contributed by atoms with E-state index in [-0.39, 0.29) is 17.8 Å².